The van der Waals surface area contributed by atoms with E-state index in [2.05, 4.69) is 32.1 Å². The van der Waals surface area contributed by atoms with Crippen LogP contribution in [-0.2, 0) is 0 Å². The largest absolute Gasteiger partial charge is 0.392 e. The maximum absolute atomic E-state index is 8.54. The maximum atomic E-state index is 8.54. The van der Waals surface area contributed by atoms with E-state index in [-0.39, 0.29) is 6.61 Å². The van der Waals surface area contributed by atoms with Gasteiger partial charge in [-0.25, -0.2) is 0 Å². The van der Waals surface area contributed by atoms with Gasteiger partial charge in [-0.1, -0.05) is 68.5 Å². The predicted octanol–water partition coefficient (Wildman–Crippen LogP) is 4.34. The lowest BCUT2D eigenvalue weighted by atomic mass is 9.75. The normalized spacial score (nSPS) is 20.5. The fourth-order valence-electron chi connectivity index (χ4n) is 2.07. The summed E-state index contributed by atoms with van der Waals surface area (Å²) in [6.07, 6.45) is 21.9. The Morgan fingerprint density at radius 2 is 1.78 bits per heavy atom. The molecule has 1 N–H and O–H groups in total. The van der Waals surface area contributed by atoms with Crippen molar-refractivity contribution in [2.75, 3.05) is 6.61 Å². The van der Waals surface area contributed by atoms with Crippen LogP contribution in [0.1, 0.15) is 33.1 Å². The van der Waals surface area contributed by atoms with Gasteiger partial charge in [-0.3, -0.25) is 0 Å². The molecule has 0 aromatic carbocycles. The fourth-order valence-corrected chi connectivity index (χ4v) is 2.07. The molecule has 0 saturated carbocycles. The molecule has 0 saturated heterocycles. The molecule has 0 atom stereocenters. The maximum Gasteiger partial charge on any atom is 0.0615 e. The SMILES string of the molecule is CC1(C)CCCC=C1/C=C/C=C/C=C/C=C/CO. The van der Waals surface area contributed by atoms with E-state index in [4.69, 9.17) is 5.11 Å². The van der Waals surface area contributed by atoms with Crippen LogP contribution in [0.4, 0.5) is 0 Å². The Morgan fingerprint density at radius 1 is 1.11 bits per heavy atom. The molecule has 0 fully saturated rings. The first kappa shape index (κ1) is 14.7. The topological polar surface area (TPSA) is 20.2 Å². The third-order valence-corrected chi connectivity index (χ3v) is 3.22. The van der Waals surface area contributed by atoms with Gasteiger partial charge in [-0.15, -0.1) is 0 Å². The van der Waals surface area contributed by atoms with Gasteiger partial charge < -0.3 is 5.11 Å². The molecule has 0 radical (unpaired) electrons. The summed E-state index contributed by atoms with van der Waals surface area (Å²) < 4.78 is 0. The van der Waals surface area contributed by atoms with Gasteiger partial charge in [-0.2, -0.15) is 0 Å². The Hall–Kier alpha value is -1.34. The van der Waals surface area contributed by atoms with Crippen molar-refractivity contribution in [3.8, 4) is 0 Å². The van der Waals surface area contributed by atoms with Crippen molar-refractivity contribution < 1.29 is 5.11 Å². The smallest absolute Gasteiger partial charge is 0.0615 e. The third kappa shape index (κ3) is 5.33. The average Bonchev–Trinajstić information content (AvgIpc) is 2.34. The van der Waals surface area contributed by atoms with Crippen LogP contribution in [-0.4, -0.2) is 11.7 Å². The van der Waals surface area contributed by atoms with Crippen LogP contribution in [0.2, 0.25) is 0 Å². The minimum absolute atomic E-state index is 0.0944. The van der Waals surface area contributed by atoms with Gasteiger partial charge in [0.05, 0.1) is 6.61 Å². The monoisotopic (exact) mass is 244 g/mol. The van der Waals surface area contributed by atoms with Crippen LogP contribution in [0, 0.1) is 5.41 Å². The van der Waals surface area contributed by atoms with E-state index in [1.54, 1.807) is 6.08 Å². The van der Waals surface area contributed by atoms with Crippen molar-refractivity contribution >= 4 is 0 Å². The third-order valence-electron chi connectivity index (χ3n) is 3.22. The number of hydrogen-bond donors (Lipinski definition) is 1. The lowest BCUT2D eigenvalue weighted by Gasteiger charge is -2.29. The Kier molecular flexibility index (Phi) is 6.45. The van der Waals surface area contributed by atoms with E-state index in [9.17, 15) is 0 Å². The standard InChI is InChI=1S/C17H24O/c1-17(2)14-10-9-13-16(17)12-8-6-4-3-5-7-11-15-18/h3-8,11-13,18H,9-10,14-15H2,1-2H3/b5-3+,6-4+,11-7+,12-8+. The summed E-state index contributed by atoms with van der Waals surface area (Å²) in [7, 11) is 0. The van der Waals surface area contributed by atoms with Crippen molar-refractivity contribution in [1.82, 2.24) is 0 Å². The molecule has 1 aliphatic rings. The Labute approximate surface area is 111 Å². The molecule has 0 aromatic rings. The van der Waals surface area contributed by atoms with Crippen molar-refractivity contribution in [3.05, 3.63) is 60.3 Å². The lowest BCUT2D eigenvalue weighted by molar-refractivity contribution is 0.343. The zero-order chi connectivity index (χ0) is 13.3. The van der Waals surface area contributed by atoms with Gasteiger partial charge in [0.1, 0.15) is 0 Å². The fraction of sp³-hybridized carbons (Fsp3) is 0.412. The van der Waals surface area contributed by atoms with Gasteiger partial charge in [0.2, 0.25) is 0 Å². The van der Waals surface area contributed by atoms with Gasteiger partial charge in [0, 0.05) is 0 Å². The van der Waals surface area contributed by atoms with E-state index in [1.165, 1.54) is 24.8 Å². The number of hydrogen-bond acceptors (Lipinski definition) is 1. The van der Waals surface area contributed by atoms with E-state index >= 15 is 0 Å². The van der Waals surface area contributed by atoms with Gasteiger partial charge in [0.15, 0.2) is 0 Å². The summed E-state index contributed by atoms with van der Waals surface area (Å²) in [5, 5.41) is 8.54. The lowest BCUT2D eigenvalue weighted by Crippen LogP contribution is -2.16. The molecule has 0 aromatic heterocycles. The second-order valence-electron chi connectivity index (χ2n) is 5.18. The zero-order valence-corrected chi connectivity index (χ0v) is 11.5. The minimum atomic E-state index is 0.0944. The number of allylic oxidation sites excluding steroid dienone is 9. The minimum Gasteiger partial charge on any atom is -0.392 e. The van der Waals surface area contributed by atoms with Gasteiger partial charge >= 0.3 is 0 Å². The van der Waals surface area contributed by atoms with Crippen molar-refractivity contribution in [3.63, 3.8) is 0 Å². The molecule has 98 valence electrons. The molecule has 0 bridgehead atoms. The van der Waals surface area contributed by atoms with Crippen molar-refractivity contribution in [2.45, 2.75) is 33.1 Å². The van der Waals surface area contributed by atoms with E-state index < -0.39 is 0 Å². The van der Waals surface area contributed by atoms with E-state index in [0.29, 0.717) is 5.41 Å². The molecule has 0 amide bonds. The van der Waals surface area contributed by atoms with Crippen LogP contribution >= 0.6 is 0 Å². The van der Waals surface area contributed by atoms with E-state index in [0.717, 1.165) is 0 Å². The molecule has 0 aliphatic heterocycles. The van der Waals surface area contributed by atoms with Crippen LogP contribution in [0.3, 0.4) is 0 Å². The summed E-state index contributed by atoms with van der Waals surface area (Å²) in [5.41, 5.74) is 1.77. The molecule has 0 spiro atoms. The molecule has 1 rings (SSSR count). The number of rotatable bonds is 5. The average molecular weight is 244 g/mol. The molecule has 18 heavy (non-hydrogen) atoms. The molecule has 1 heteroatoms. The first-order valence-corrected chi connectivity index (χ1v) is 6.65. The van der Waals surface area contributed by atoms with E-state index in [1.807, 2.05) is 30.4 Å². The van der Waals surface area contributed by atoms with Gasteiger partial charge in [-0.05, 0) is 30.3 Å². The Morgan fingerprint density at radius 3 is 2.44 bits per heavy atom. The Balaban J connectivity index is 2.45. The molecule has 0 heterocycles. The number of aliphatic hydroxyl groups is 1. The highest BCUT2D eigenvalue weighted by atomic mass is 16.2. The van der Waals surface area contributed by atoms with Crippen LogP contribution in [0.5, 0.6) is 0 Å². The van der Waals surface area contributed by atoms with Gasteiger partial charge in [0.25, 0.3) is 0 Å². The molecule has 0 unspecified atom stereocenters. The van der Waals surface area contributed by atoms with Crippen molar-refractivity contribution in [2.24, 2.45) is 5.41 Å². The second-order valence-corrected chi connectivity index (χ2v) is 5.18. The summed E-state index contributed by atoms with van der Waals surface area (Å²) in [4.78, 5) is 0. The van der Waals surface area contributed by atoms with Crippen LogP contribution in [0.15, 0.2) is 60.3 Å². The van der Waals surface area contributed by atoms with Crippen molar-refractivity contribution in [1.29, 1.82) is 0 Å². The van der Waals surface area contributed by atoms with Crippen LogP contribution in [0.25, 0.3) is 0 Å². The summed E-state index contributed by atoms with van der Waals surface area (Å²) >= 11 is 0. The molecular weight excluding hydrogens is 220 g/mol. The quantitative estimate of drug-likeness (QED) is 0.713. The number of aliphatic hydroxyl groups excluding tert-OH is 1. The highest BCUT2D eigenvalue weighted by Crippen LogP contribution is 2.37. The highest BCUT2D eigenvalue weighted by Gasteiger charge is 2.23. The molecule has 1 nitrogen and oxygen atoms in total. The summed E-state index contributed by atoms with van der Waals surface area (Å²) in [5.74, 6) is 0. The molecular formula is C17H24O. The Bertz CT molecular complexity index is 378. The zero-order valence-electron chi connectivity index (χ0n) is 11.5. The summed E-state index contributed by atoms with van der Waals surface area (Å²) in [6, 6.07) is 0. The first-order chi connectivity index (χ1) is 8.67. The highest BCUT2D eigenvalue weighted by molar-refractivity contribution is 5.30. The predicted molar refractivity (Wildman–Crippen MR) is 79.4 cm³/mol. The first-order valence-electron chi connectivity index (χ1n) is 6.65. The van der Waals surface area contributed by atoms with Crippen LogP contribution < -0.4 is 0 Å². The molecule has 1 aliphatic carbocycles. The second kappa shape index (κ2) is 7.88. The summed E-state index contributed by atoms with van der Waals surface area (Å²) in [6.45, 7) is 4.72.